The average Bonchev–Trinajstić information content (AvgIpc) is 2.87. The van der Waals surface area contributed by atoms with Gasteiger partial charge in [-0.3, -0.25) is 0 Å². The minimum absolute atomic E-state index is 0.757. The summed E-state index contributed by atoms with van der Waals surface area (Å²) in [5.74, 6) is 0. The summed E-state index contributed by atoms with van der Waals surface area (Å²) >= 11 is 0. The van der Waals surface area contributed by atoms with Crippen molar-refractivity contribution >= 4 is 22.7 Å². The van der Waals surface area contributed by atoms with Crippen molar-refractivity contribution in [1.82, 2.24) is 0 Å². The molecule has 0 spiro atoms. The predicted octanol–water partition coefficient (Wildman–Crippen LogP) is 8.07. The van der Waals surface area contributed by atoms with Crippen molar-refractivity contribution in [3.63, 3.8) is 0 Å². The molecule has 32 heavy (non-hydrogen) atoms. The first-order valence-corrected chi connectivity index (χ1v) is 10.7. The van der Waals surface area contributed by atoms with Crippen molar-refractivity contribution < 1.29 is 0 Å². The molecule has 0 aliphatic carbocycles. The smallest absolute Gasteiger partial charge is 0.0463 e. The maximum absolute atomic E-state index is 5.95. The Kier molecular flexibility index (Phi) is 5.42. The number of nitrogens with zero attached hydrogens (tertiary/aromatic N) is 1. The van der Waals surface area contributed by atoms with Crippen LogP contribution in [0.1, 0.15) is 0 Å². The van der Waals surface area contributed by atoms with Crippen molar-refractivity contribution in [2.75, 3.05) is 10.6 Å². The Bertz CT molecular complexity index is 1190. The molecule has 154 valence electrons. The van der Waals surface area contributed by atoms with E-state index in [2.05, 4.69) is 114 Å². The van der Waals surface area contributed by atoms with E-state index in [1.807, 2.05) is 24.3 Å². The van der Waals surface area contributed by atoms with Crippen molar-refractivity contribution in [1.29, 1.82) is 0 Å². The third-order valence-electron chi connectivity index (χ3n) is 5.62. The van der Waals surface area contributed by atoms with Gasteiger partial charge in [0.25, 0.3) is 0 Å². The highest BCUT2D eigenvalue weighted by molar-refractivity contribution is 5.80. The molecule has 5 rings (SSSR count). The van der Waals surface area contributed by atoms with Crippen LogP contribution in [-0.4, -0.2) is 0 Å². The number of anilines is 4. The van der Waals surface area contributed by atoms with Gasteiger partial charge in [0.1, 0.15) is 0 Å². The molecule has 0 radical (unpaired) electrons. The highest BCUT2D eigenvalue weighted by atomic mass is 15.1. The van der Waals surface area contributed by atoms with Gasteiger partial charge in [0.2, 0.25) is 0 Å². The molecule has 5 aromatic carbocycles. The van der Waals surface area contributed by atoms with E-state index in [4.69, 9.17) is 5.73 Å². The minimum atomic E-state index is 0.757. The van der Waals surface area contributed by atoms with Gasteiger partial charge in [0.15, 0.2) is 0 Å². The first kappa shape index (κ1) is 19.7. The van der Waals surface area contributed by atoms with E-state index in [0.29, 0.717) is 0 Å². The summed E-state index contributed by atoms with van der Waals surface area (Å²) in [7, 11) is 0. The topological polar surface area (TPSA) is 29.3 Å². The van der Waals surface area contributed by atoms with E-state index in [9.17, 15) is 0 Å². The van der Waals surface area contributed by atoms with E-state index < -0.39 is 0 Å². The Labute approximate surface area is 189 Å². The first-order chi connectivity index (χ1) is 15.8. The van der Waals surface area contributed by atoms with Crippen LogP contribution in [0.5, 0.6) is 0 Å². The molecule has 0 saturated carbocycles. The molecule has 0 unspecified atom stereocenters. The summed E-state index contributed by atoms with van der Waals surface area (Å²) < 4.78 is 0. The van der Waals surface area contributed by atoms with Gasteiger partial charge in [0.05, 0.1) is 0 Å². The monoisotopic (exact) mass is 412 g/mol. The predicted molar refractivity (Wildman–Crippen MR) is 136 cm³/mol. The second kappa shape index (κ2) is 8.83. The molecule has 0 heterocycles. The summed E-state index contributed by atoms with van der Waals surface area (Å²) in [5.41, 5.74) is 14.8. The largest absolute Gasteiger partial charge is 0.399 e. The molecular weight excluding hydrogens is 388 g/mol. The number of nitrogen functional groups attached to an aromatic ring is 1. The highest BCUT2D eigenvalue weighted by Gasteiger charge is 2.13. The lowest BCUT2D eigenvalue weighted by molar-refractivity contribution is 1.28. The van der Waals surface area contributed by atoms with Gasteiger partial charge in [-0.15, -0.1) is 0 Å². The van der Waals surface area contributed by atoms with E-state index >= 15 is 0 Å². The van der Waals surface area contributed by atoms with E-state index in [0.717, 1.165) is 22.7 Å². The molecule has 2 N–H and O–H groups in total. The highest BCUT2D eigenvalue weighted by Crippen LogP contribution is 2.36. The summed E-state index contributed by atoms with van der Waals surface area (Å²) in [6.45, 7) is 0. The third-order valence-corrected chi connectivity index (χ3v) is 5.62. The normalized spacial score (nSPS) is 10.6. The molecule has 0 bridgehead atoms. The zero-order valence-corrected chi connectivity index (χ0v) is 17.7. The van der Waals surface area contributed by atoms with Crippen LogP contribution in [0.2, 0.25) is 0 Å². The molecule has 0 aliphatic heterocycles. The maximum atomic E-state index is 5.95. The molecule has 0 aliphatic rings. The molecular formula is C30H24N2. The molecule has 5 aromatic rings. The van der Waals surface area contributed by atoms with Crippen molar-refractivity contribution in [2.45, 2.75) is 0 Å². The van der Waals surface area contributed by atoms with Crippen molar-refractivity contribution in [3.8, 4) is 22.3 Å². The van der Waals surface area contributed by atoms with Gasteiger partial charge in [-0.25, -0.2) is 0 Å². The fraction of sp³-hybridized carbons (Fsp3) is 0. The van der Waals surface area contributed by atoms with E-state index in [1.54, 1.807) is 0 Å². The Balaban J connectivity index is 1.53. The summed E-state index contributed by atoms with van der Waals surface area (Å²) in [6.07, 6.45) is 0. The van der Waals surface area contributed by atoms with Crippen LogP contribution in [0.3, 0.4) is 0 Å². The van der Waals surface area contributed by atoms with E-state index in [-0.39, 0.29) is 0 Å². The number of benzene rings is 5. The standard InChI is InChI=1S/C30H24N2/c31-27-15-21-30(22-16-27)32(28-17-11-25(12-18-28)23-7-3-1-4-8-23)29-19-13-26(14-20-29)24-9-5-2-6-10-24/h1-22H,31H2. The molecule has 2 heteroatoms. The lowest BCUT2D eigenvalue weighted by atomic mass is 10.0. The number of hydrogen-bond acceptors (Lipinski definition) is 2. The van der Waals surface area contributed by atoms with Crippen LogP contribution < -0.4 is 10.6 Å². The number of nitrogens with two attached hydrogens (primary N) is 1. The fourth-order valence-corrected chi connectivity index (χ4v) is 3.94. The van der Waals surface area contributed by atoms with Crippen LogP contribution in [0, 0.1) is 0 Å². The Morgan fingerprint density at radius 1 is 0.344 bits per heavy atom. The molecule has 0 atom stereocenters. The summed E-state index contributed by atoms with van der Waals surface area (Å²) in [4.78, 5) is 2.25. The lowest BCUT2D eigenvalue weighted by Gasteiger charge is -2.26. The van der Waals surface area contributed by atoms with Gasteiger partial charge in [-0.2, -0.15) is 0 Å². The van der Waals surface area contributed by atoms with Gasteiger partial charge in [-0.1, -0.05) is 84.9 Å². The van der Waals surface area contributed by atoms with E-state index in [1.165, 1.54) is 22.3 Å². The minimum Gasteiger partial charge on any atom is -0.399 e. The Morgan fingerprint density at radius 3 is 1.03 bits per heavy atom. The third kappa shape index (κ3) is 4.12. The molecule has 2 nitrogen and oxygen atoms in total. The van der Waals surface area contributed by atoms with Crippen molar-refractivity contribution in [3.05, 3.63) is 133 Å². The molecule has 0 saturated heterocycles. The van der Waals surface area contributed by atoms with Crippen molar-refractivity contribution in [2.24, 2.45) is 0 Å². The SMILES string of the molecule is Nc1ccc(N(c2ccc(-c3ccccc3)cc2)c2ccc(-c3ccccc3)cc2)cc1. The lowest BCUT2D eigenvalue weighted by Crippen LogP contribution is -2.09. The van der Waals surface area contributed by atoms with Gasteiger partial charge >= 0.3 is 0 Å². The zero-order chi connectivity index (χ0) is 21.8. The van der Waals surface area contributed by atoms with Gasteiger partial charge < -0.3 is 10.6 Å². The number of hydrogen-bond donors (Lipinski definition) is 1. The van der Waals surface area contributed by atoms with Gasteiger partial charge in [-0.05, 0) is 70.8 Å². The maximum Gasteiger partial charge on any atom is 0.0463 e. The Hall–Kier alpha value is -4.30. The van der Waals surface area contributed by atoms with Crippen LogP contribution >= 0.6 is 0 Å². The quantitative estimate of drug-likeness (QED) is 0.296. The number of rotatable bonds is 5. The second-order valence-corrected chi connectivity index (χ2v) is 7.75. The summed E-state index contributed by atoms with van der Waals surface area (Å²) in [5, 5.41) is 0. The van der Waals surface area contributed by atoms with Crippen LogP contribution in [-0.2, 0) is 0 Å². The van der Waals surface area contributed by atoms with Crippen LogP contribution in [0.25, 0.3) is 22.3 Å². The second-order valence-electron chi connectivity index (χ2n) is 7.75. The molecule has 0 aromatic heterocycles. The van der Waals surface area contributed by atoms with Gasteiger partial charge in [0, 0.05) is 22.7 Å². The van der Waals surface area contributed by atoms with Crippen LogP contribution in [0.4, 0.5) is 22.7 Å². The summed E-state index contributed by atoms with van der Waals surface area (Å²) in [6, 6.07) is 46.3. The Morgan fingerprint density at radius 2 is 0.656 bits per heavy atom. The molecule has 0 fully saturated rings. The average molecular weight is 413 g/mol. The first-order valence-electron chi connectivity index (χ1n) is 10.7. The molecule has 0 amide bonds. The van der Waals surface area contributed by atoms with Crippen LogP contribution in [0.15, 0.2) is 133 Å². The fourth-order valence-electron chi connectivity index (χ4n) is 3.94. The zero-order valence-electron chi connectivity index (χ0n) is 17.7.